The van der Waals surface area contributed by atoms with Gasteiger partial charge in [0.2, 0.25) is 0 Å². The number of rotatable bonds is 1. The van der Waals surface area contributed by atoms with Crippen molar-refractivity contribution in [1.82, 2.24) is 14.0 Å². The second-order valence-electron chi connectivity index (χ2n) is 11.4. The third-order valence-corrected chi connectivity index (χ3v) is 9.29. The Hall–Kier alpha value is -6.05. The fourth-order valence-corrected chi connectivity index (χ4v) is 7.61. The second-order valence-corrected chi connectivity index (χ2v) is 11.4. The Morgan fingerprint density at radius 3 is 2.30 bits per heavy atom. The lowest BCUT2D eigenvalue weighted by molar-refractivity contribution is 0.671. The van der Waals surface area contributed by atoms with Crippen molar-refractivity contribution >= 4 is 71.3 Å². The first-order chi connectivity index (χ1) is 21.4. The van der Waals surface area contributed by atoms with Gasteiger partial charge in [0, 0.05) is 10.8 Å². The van der Waals surface area contributed by atoms with Crippen molar-refractivity contribution in [1.29, 1.82) is 0 Å². The maximum absolute atomic E-state index is 6.79. The van der Waals surface area contributed by atoms with E-state index >= 15 is 0 Å². The third-order valence-electron chi connectivity index (χ3n) is 9.29. The number of imidazole rings is 1. The quantitative estimate of drug-likeness (QED) is 0.206. The van der Waals surface area contributed by atoms with Gasteiger partial charge in [-0.25, -0.2) is 4.98 Å². The lowest BCUT2D eigenvalue weighted by Gasteiger charge is -2.13. The maximum Gasteiger partial charge on any atom is 0.165 e. The minimum absolute atomic E-state index is 0.829. The van der Waals surface area contributed by atoms with Crippen LogP contribution in [0.4, 0.5) is 0 Å². The molecule has 196 valence electrons. The Balaban J connectivity index is 1.43. The van der Waals surface area contributed by atoms with Crippen LogP contribution in [-0.4, -0.2) is 14.0 Å². The molecule has 0 saturated heterocycles. The van der Waals surface area contributed by atoms with Crippen molar-refractivity contribution in [2.75, 3.05) is 0 Å². The minimum atomic E-state index is 0.829. The highest BCUT2D eigenvalue weighted by Crippen LogP contribution is 2.50. The number of pyridine rings is 1. The van der Waals surface area contributed by atoms with Crippen molar-refractivity contribution in [3.8, 4) is 27.9 Å². The number of furan rings is 1. The number of nitrogens with zero attached hydrogens (tertiary/aromatic N) is 3. The smallest absolute Gasteiger partial charge is 0.165 e. The summed E-state index contributed by atoms with van der Waals surface area (Å²) in [5.41, 5.74) is 13.9. The zero-order valence-electron chi connectivity index (χ0n) is 22.7. The zero-order valence-corrected chi connectivity index (χ0v) is 22.7. The molecular formula is C39H19N3O. The van der Waals surface area contributed by atoms with Crippen LogP contribution in [0.1, 0.15) is 0 Å². The van der Waals surface area contributed by atoms with Gasteiger partial charge in [-0.1, -0.05) is 91.0 Å². The van der Waals surface area contributed by atoms with E-state index in [9.17, 15) is 0 Å². The first kappa shape index (κ1) is 21.7. The average Bonchev–Trinajstić information content (AvgIpc) is 3.80. The minimum Gasteiger partial charge on any atom is -0.454 e. The molecule has 0 bridgehead atoms. The largest absolute Gasteiger partial charge is 0.454 e. The van der Waals surface area contributed by atoms with Gasteiger partial charge in [-0.2, -0.15) is 0 Å². The van der Waals surface area contributed by atoms with Crippen LogP contribution in [0.3, 0.4) is 0 Å². The summed E-state index contributed by atoms with van der Waals surface area (Å²) in [5.74, 6) is 0. The molecule has 0 saturated carbocycles. The molecule has 6 aromatic carbocycles. The molecule has 0 N–H and O–H groups in total. The summed E-state index contributed by atoms with van der Waals surface area (Å²) in [6, 6.07) is 47.4. The van der Waals surface area contributed by atoms with E-state index in [1.807, 2.05) is 24.3 Å². The summed E-state index contributed by atoms with van der Waals surface area (Å²) in [7, 11) is 0. The van der Waals surface area contributed by atoms with E-state index in [0.717, 1.165) is 66.2 Å². The van der Waals surface area contributed by atoms with Crippen LogP contribution in [0.25, 0.3) is 99.3 Å². The summed E-state index contributed by atoms with van der Waals surface area (Å²) in [4.78, 5) is 5.18. The highest BCUT2D eigenvalue weighted by Gasteiger charge is 2.28. The van der Waals surface area contributed by atoms with Crippen LogP contribution >= 0.6 is 0 Å². The molecule has 1 aliphatic carbocycles. The van der Waals surface area contributed by atoms with E-state index in [1.54, 1.807) is 0 Å². The van der Waals surface area contributed by atoms with Crippen LogP contribution in [0.2, 0.25) is 0 Å². The Morgan fingerprint density at radius 2 is 1.37 bits per heavy atom. The van der Waals surface area contributed by atoms with Crippen molar-refractivity contribution in [3.63, 3.8) is 0 Å². The van der Waals surface area contributed by atoms with Crippen molar-refractivity contribution in [3.05, 3.63) is 127 Å². The summed E-state index contributed by atoms with van der Waals surface area (Å²) in [6.45, 7) is 0. The molecule has 0 amide bonds. The van der Waals surface area contributed by atoms with Gasteiger partial charge in [-0.15, -0.1) is 0 Å². The van der Waals surface area contributed by atoms with Crippen LogP contribution in [0.15, 0.2) is 120 Å². The van der Waals surface area contributed by atoms with Crippen LogP contribution < -0.4 is 0 Å². The topological polar surface area (TPSA) is 35.4 Å². The number of hydrogen-bond donors (Lipinski definition) is 0. The molecule has 0 spiro atoms. The molecule has 0 fully saturated rings. The molecule has 0 unspecified atom stereocenters. The van der Waals surface area contributed by atoms with E-state index in [2.05, 4.69) is 112 Å². The monoisotopic (exact) mass is 545 g/mol. The highest BCUT2D eigenvalue weighted by atomic mass is 16.3. The Bertz CT molecular complexity index is 2820. The standard InChI is InChI=1S/C39H19N3O/c1-2-11-23-22(10-1)24-14-9-15-26-31(21-20-25(23)34(24)26)41-30-17-6-3-12-27(30)36-37(41)38-35(28-13-4-8-19-33(28)43-38)39-40-29-16-5-7-18-32(29)42(36)39/h1-2,4-11,13-21H. The van der Waals surface area contributed by atoms with Gasteiger partial charge in [-0.3, -0.25) is 4.40 Å². The van der Waals surface area contributed by atoms with Crippen LogP contribution in [0.5, 0.6) is 0 Å². The molecule has 11 rings (SSSR count). The molecule has 10 aromatic rings. The molecule has 0 radical (unpaired) electrons. The molecular weight excluding hydrogens is 526 g/mol. The number of aromatic nitrogens is 3. The van der Waals surface area contributed by atoms with Crippen molar-refractivity contribution in [2.24, 2.45) is 0 Å². The van der Waals surface area contributed by atoms with E-state index < -0.39 is 0 Å². The van der Waals surface area contributed by atoms with E-state index in [-0.39, 0.29) is 0 Å². The van der Waals surface area contributed by atoms with Gasteiger partial charge in [0.25, 0.3) is 0 Å². The normalized spacial score (nSPS) is 12.5. The van der Waals surface area contributed by atoms with Gasteiger partial charge in [0.05, 0.1) is 38.5 Å². The van der Waals surface area contributed by atoms with E-state index in [1.165, 1.54) is 33.0 Å². The zero-order chi connectivity index (χ0) is 27.8. The van der Waals surface area contributed by atoms with Crippen LogP contribution in [-0.2, 0) is 0 Å². The predicted octanol–water partition coefficient (Wildman–Crippen LogP) is 9.88. The van der Waals surface area contributed by atoms with Gasteiger partial charge in [-0.05, 0) is 64.0 Å². The molecule has 4 aromatic heterocycles. The summed E-state index contributed by atoms with van der Waals surface area (Å²) in [6.07, 6.45) is 0. The molecule has 1 aliphatic rings. The van der Waals surface area contributed by atoms with E-state index in [4.69, 9.17) is 9.40 Å². The van der Waals surface area contributed by atoms with Crippen LogP contribution in [0, 0.1) is 12.1 Å². The maximum atomic E-state index is 6.79. The SMILES string of the molecule is c1ccc2c(c#1)c1c(c3oc4ccccc4c3c3nc4ccccc4n31)n2-c1ccc2c3c(cccc13)-c1ccccc1-2. The average molecular weight is 546 g/mol. The Kier molecular flexibility index (Phi) is 3.74. The van der Waals surface area contributed by atoms with E-state index in [0.29, 0.717) is 0 Å². The lowest BCUT2D eigenvalue weighted by Crippen LogP contribution is -1.97. The first-order valence-electron chi connectivity index (χ1n) is 14.5. The fourth-order valence-electron chi connectivity index (χ4n) is 7.61. The Labute approximate surface area is 244 Å². The van der Waals surface area contributed by atoms with Gasteiger partial charge in [0.15, 0.2) is 5.58 Å². The van der Waals surface area contributed by atoms with Crippen molar-refractivity contribution < 1.29 is 4.42 Å². The number of fused-ring (bicyclic) bond motifs is 15. The predicted molar refractivity (Wildman–Crippen MR) is 174 cm³/mol. The first-order valence-corrected chi connectivity index (χ1v) is 14.5. The molecule has 43 heavy (non-hydrogen) atoms. The lowest BCUT2D eigenvalue weighted by atomic mass is 10.0. The molecule has 4 heterocycles. The molecule has 0 atom stereocenters. The molecule has 4 heteroatoms. The van der Waals surface area contributed by atoms with Gasteiger partial charge < -0.3 is 8.98 Å². The summed E-state index contributed by atoms with van der Waals surface area (Å²) in [5, 5.41) is 5.56. The third kappa shape index (κ3) is 2.49. The highest BCUT2D eigenvalue weighted by molar-refractivity contribution is 6.26. The summed E-state index contributed by atoms with van der Waals surface area (Å²) < 4.78 is 11.5. The Morgan fingerprint density at radius 1 is 0.605 bits per heavy atom. The number of benzene rings is 5. The molecule has 4 nitrogen and oxygen atoms in total. The summed E-state index contributed by atoms with van der Waals surface area (Å²) >= 11 is 0. The fraction of sp³-hybridized carbons (Fsp3) is 0. The molecule has 0 aliphatic heterocycles. The number of hydrogen-bond acceptors (Lipinski definition) is 2. The van der Waals surface area contributed by atoms with Crippen molar-refractivity contribution in [2.45, 2.75) is 0 Å². The van der Waals surface area contributed by atoms with Gasteiger partial charge >= 0.3 is 0 Å². The second kappa shape index (κ2) is 7.42. The number of para-hydroxylation sites is 3. The van der Waals surface area contributed by atoms with Gasteiger partial charge in [0.1, 0.15) is 16.7 Å².